The van der Waals surface area contributed by atoms with Crippen LogP contribution in [0.25, 0.3) is 0 Å². The standard InChI is InChI=1S/C27H39N3O5S/c1-19(2)28-27(32)22(5)29(18-23-10-8-11-25(17-23)35-6)26(31)12-9-13-30(36(7,33)34)24-15-20(3)14-21(4)16-24/h8,10-11,14-17,19,22H,9,12-13,18H2,1-7H3,(H,28,32). The van der Waals surface area contributed by atoms with E-state index in [1.807, 2.05) is 70.2 Å². The molecule has 0 radical (unpaired) electrons. The molecule has 1 atom stereocenters. The van der Waals surface area contributed by atoms with Crippen LogP contribution in [0.4, 0.5) is 5.69 Å². The lowest BCUT2D eigenvalue weighted by Crippen LogP contribution is -2.49. The Balaban J connectivity index is 2.21. The largest absolute Gasteiger partial charge is 0.497 e. The molecule has 36 heavy (non-hydrogen) atoms. The molecular formula is C27H39N3O5S. The summed E-state index contributed by atoms with van der Waals surface area (Å²) in [6.07, 6.45) is 1.58. The summed E-state index contributed by atoms with van der Waals surface area (Å²) in [5.41, 5.74) is 3.34. The fraction of sp³-hybridized carbons (Fsp3) is 0.481. The number of carbonyl (C=O) groups excluding carboxylic acids is 2. The van der Waals surface area contributed by atoms with E-state index in [2.05, 4.69) is 5.32 Å². The fourth-order valence-corrected chi connectivity index (χ4v) is 5.00. The lowest BCUT2D eigenvalue weighted by Gasteiger charge is -2.30. The van der Waals surface area contributed by atoms with Crippen LogP contribution in [-0.2, 0) is 26.2 Å². The van der Waals surface area contributed by atoms with Gasteiger partial charge in [0.25, 0.3) is 0 Å². The van der Waals surface area contributed by atoms with Gasteiger partial charge in [-0.15, -0.1) is 0 Å². The maximum absolute atomic E-state index is 13.4. The number of nitrogens with zero attached hydrogens (tertiary/aromatic N) is 2. The molecule has 1 N–H and O–H groups in total. The van der Waals surface area contributed by atoms with Crippen LogP contribution in [0.3, 0.4) is 0 Å². The number of methoxy groups -OCH3 is 1. The lowest BCUT2D eigenvalue weighted by atomic mass is 10.1. The van der Waals surface area contributed by atoms with Crippen molar-refractivity contribution in [3.05, 3.63) is 59.2 Å². The maximum atomic E-state index is 13.4. The molecule has 2 amide bonds. The molecule has 1 unspecified atom stereocenters. The highest BCUT2D eigenvalue weighted by Crippen LogP contribution is 2.22. The van der Waals surface area contributed by atoms with Gasteiger partial charge in [-0.1, -0.05) is 18.2 Å². The summed E-state index contributed by atoms with van der Waals surface area (Å²) >= 11 is 0. The van der Waals surface area contributed by atoms with E-state index >= 15 is 0 Å². The van der Waals surface area contributed by atoms with Gasteiger partial charge in [0.05, 0.1) is 19.1 Å². The second-order valence-electron chi connectivity index (χ2n) is 9.50. The van der Waals surface area contributed by atoms with E-state index in [4.69, 9.17) is 4.74 Å². The minimum Gasteiger partial charge on any atom is -0.497 e. The third kappa shape index (κ3) is 8.55. The molecule has 0 aromatic heterocycles. The molecule has 0 aliphatic heterocycles. The summed E-state index contributed by atoms with van der Waals surface area (Å²) in [6, 6.07) is 12.2. The SMILES string of the molecule is COc1cccc(CN(C(=O)CCCN(c2cc(C)cc(C)c2)S(C)(=O)=O)C(C)C(=O)NC(C)C)c1. The third-order valence-electron chi connectivity index (χ3n) is 5.73. The molecule has 0 spiro atoms. The number of hydrogen-bond acceptors (Lipinski definition) is 5. The molecule has 0 saturated heterocycles. The first-order valence-corrected chi connectivity index (χ1v) is 14.0. The number of carbonyl (C=O) groups is 2. The number of ether oxygens (including phenoxy) is 1. The molecule has 2 aromatic carbocycles. The smallest absolute Gasteiger partial charge is 0.242 e. The van der Waals surface area contributed by atoms with Gasteiger partial charge in [-0.25, -0.2) is 8.42 Å². The highest BCUT2D eigenvalue weighted by atomic mass is 32.2. The summed E-state index contributed by atoms with van der Waals surface area (Å²) in [4.78, 5) is 27.6. The second kappa shape index (κ2) is 12.8. The van der Waals surface area contributed by atoms with Crippen LogP contribution >= 0.6 is 0 Å². The van der Waals surface area contributed by atoms with Crippen LogP contribution in [0.1, 0.15) is 50.3 Å². The van der Waals surface area contributed by atoms with Gasteiger partial charge in [-0.3, -0.25) is 13.9 Å². The van der Waals surface area contributed by atoms with Gasteiger partial charge < -0.3 is 15.0 Å². The number of aryl methyl sites for hydroxylation is 2. The van der Waals surface area contributed by atoms with Crippen LogP contribution in [0.2, 0.25) is 0 Å². The van der Waals surface area contributed by atoms with Crippen molar-refractivity contribution in [1.29, 1.82) is 0 Å². The number of benzene rings is 2. The highest BCUT2D eigenvalue weighted by Gasteiger charge is 2.27. The number of anilines is 1. The number of rotatable bonds is 12. The van der Waals surface area contributed by atoms with Gasteiger partial charge in [-0.05, 0) is 82.0 Å². The van der Waals surface area contributed by atoms with Crippen LogP contribution < -0.4 is 14.4 Å². The Morgan fingerprint density at radius 1 is 1.03 bits per heavy atom. The zero-order chi connectivity index (χ0) is 27.0. The summed E-state index contributed by atoms with van der Waals surface area (Å²) in [7, 11) is -1.97. The molecule has 0 fully saturated rings. The van der Waals surface area contributed by atoms with Gasteiger partial charge in [0, 0.05) is 25.6 Å². The quantitative estimate of drug-likeness (QED) is 0.462. The number of amides is 2. The van der Waals surface area contributed by atoms with Crippen LogP contribution in [0.5, 0.6) is 5.75 Å². The summed E-state index contributed by atoms with van der Waals surface area (Å²) in [6.45, 7) is 9.66. The van der Waals surface area contributed by atoms with Crippen LogP contribution in [0, 0.1) is 13.8 Å². The predicted octanol–water partition coefficient (Wildman–Crippen LogP) is 3.80. The molecule has 0 aliphatic carbocycles. The first-order chi connectivity index (χ1) is 16.8. The van der Waals surface area contributed by atoms with E-state index in [0.717, 1.165) is 16.7 Å². The Labute approximate surface area is 215 Å². The lowest BCUT2D eigenvalue weighted by molar-refractivity contribution is -0.140. The van der Waals surface area contributed by atoms with E-state index in [0.29, 0.717) is 17.9 Å². The average Bonchev–Trinajstić information content (AvgIpc) is 2.77. The molecule has 2 aromatic rings. The molecule has 198 valence electrons. The van der Waals surface area contributed by atoms with Gasteiger partial charge in [0.2, 0.25) is 21.8 Å². The molecule has 8 nitrogen and oxygen atoms in total. The average molecular weight is 518 g/mol. The van der Waals surface area contributed by atoms with E-state index in [1.165, 1.54) is 15.5 Å². The number of hydrogen-bond donors (Lipinski definition) is 1. The van der Waals surface area contributed by atoms with E-state index < -0.39 is 16.1 Å². The zero-order valence-electron chi connectivity index (χ0n) is 22.4. The minimum absolute atomic E-state index is 0.0603. The third-order valence-corrected chi connectivity index (χ3v) is 6.93. The van der Waals surface area contributed by atoms with Crippen molar-refractivity contribution < 1.29 is 22.7 Å². The normalized spacial score (nSPS) is 12.2. The van der Waals surface area contributed by atoms with Crippen molar-refractivity contribution in [3.63, 3.8) is 0 Å². The van der Waals surface area contributed by atoms with Crippen molar-refractivity contribution >= 4 is 27.5 Å². The second-order valence-corrected chi connectivity index (χ2v) is 11.4. The van der Waals surface area contributed by atoms with Crippen molar-refractivity contribution in [3.8, 4) is 5.75 Å². The highest BCUT2D eigenvalue weighted by molar-refractivity contribution is 7.92. The van der Waals surface area contributed by atoms with Crippen LogP contribution in [-0.4, -0.2) is 57.1 Å². The Kier molecular flexibility index (Phi) is 10.3. The summed E-state index contributed by atoms with van der Waals surface area (Å²) < 4.78 is 31.7. The monoisotopic (exact) mass is 517 g/mol. The topological polar surface area (TPSA) is 96.0 Å². The first kappa shape index (κ1) is 29.2. The van der Waals surface area contributed by atoms with Crippen LogP contribution in [0.15, 0.2) is 42.5 Å². The van der Waals surface area contributed by atoms with Gasteiger partial charge >= 0.3 is 0 Å². The number of nitrogens with one attached hydrogen (secondary N) is 1. The Morgan fingerprint density at radius 3 is 2.22 bits per heavy atom. The molecular weight excluding hydrogens is 478 g/mol. The van der Waals surface area contributed by atoms with Crippen molar-refractivity contribution in [2.45, 2.75) is 66.1 Å². The molecule has 0 saturated carbocycles. The zero-order valence-corrected chi connectivity index (χ0v) is 23.2. The molecule has 2 rings (SSSR count). The Morgan fingerprint density at radius 2 is 1.67 bits per heavy atom. The van der Waals surface area contributed by atoms with Gasteiger partial charge in [-0.2, -0.15) is 0 Å². The van der Waals surface area contributed by atoms with Crippen molar-refractivity contribution in [2.24, 2.45) is 0 Å². The fourth-order valence-electron chi connectivity index (χ4n) is 4.05. The Bertz CT molecular complexity index is 1140. The Hall–Kier alpha value is -3.07. The molecule has 9 heteroatoms. The predicted molar refractivity (Wildman–Crippen MR) is 144 cm³/mol. The molecule has 0 aliphatic rings. The first-order valence-electron chi connectivity index (χ1n) is 12.1. The minimum atomic E-state index is -3.54. The maximum Gasteiger partial charge on any atom is 0.242 e. The number of sulfonamides is 1. The van der Waals surface area contributed by atoms with Crippen molar-refractivity contribution in [1.82, 2.24) is 10.2 Å². The van der Waals surface area contributed by atoms with E-state index in [1.54, 1.807) is 14.0 Å². The van der Waals surface area contributed by atoms with Gasteiger partial charge in [0.15, 0.2) is 0 Å². The van der Waals surface area contributed by atoms with E-state index in [-0.39, 0.29) is 37.4 Å². The molecule has 0 heterocycles. The summed E-state index contributed by atoms with van der Waals surface area (Å²) in [5.74, 6) is 0.198. The van der Waals surface area contributed by atoms with E-state index in [9.17, 15) is 18.0 Å². The summed E-state index contributed by atoms with van der Waals surface area (Å²) in [5, 5.41) is 2.87. The molecule has 0 bridgehead atoms. The van der Waals surface area contributed by atoms with Crippen molar-refractivity contribution in [2.75, 3.05) is 24.2 Å². The van der Waals surface area contributed by atoms with Gasteiger partial charge in [0.1, 0.15) is 11.8 Å².